The summed E-state index contributed by atoms with van der Waals surface area (Å²) >= 11 is 1.61. The monoisotopic (exact) mass is 313 g/mol. The van der Waals surface area contributed by atoms with Crippen LogP contribution in [0.15, 0.2) is 35.7 Å². The van der Waals surface area contributed by atoms with E-state index in [0.717, 1.165) is 27.3 Å². The molecule has 1 amide bonds. The van der Waals surface area contributed by atoms with E-state index >= 15 is 0 Å². The van der Waals surface area contributed by atoms with E-state index in [4.69, 9.17) is 0 Å². The summed E-state index contributed by atoms with van der Waals surface area (Å²) in [7, 11) is 0. The summed E-state index contributed by atoms with van der Waals surface area (Å²) in [6.07, 6.45) is 0.446. The number of amides is 1. The van der Waals surface area contributed by atoms with Gasteiger partial charge in [-0.15, -0.1) is 11.3 Å². The van der Waals surface area contributed by atoms with E-state index in [2.05, 4.69) is 35.2 Å². The van der Waals surface area contributed by atoms with Crippen LogP contribution in [0.1, 0.15) is 36.0 Å². The van der Waals surface area contributed by atoms with Crippen LogP contribution in [0.25, 0.3) is 11.0 Å². The third kappa shape index (κ3) is 3.36. The van der Waals surface area contributed by atoms with Gasteiger partial charge in [0.1, 0.15) is 5.82 Å². The zero-order chi connectivity index (χ0) is 15.5. The van der Waals surface area contributed by atoms with E-state index in [1.54, 1.807) is 11.3 Å². The van der Waals surface area contributed by atoms with Crippen LogP contribution in [-0.2, 0) is 17.8 Å². The van der Waals surface area contributed by atoms with Gasteiger partial charge in [-0.1, -0.05) is 26.0 Å². The molecule has 2 N–H and O–H groups in total. The third-order valence-corrected chi connectivity index (χ3v) is 4.39. The zero-order valence-corrected chi connectivity index (χ0v) is 13.5. The number of carbonyl (C=O) groups is 1. The Morgan fingerprint density at radius 3 is 2.95 bits per heavy atom. The molecule has 4 nitrogen and oxygen atoms in total. The largest absolute Gasteiger partial charge is 0.352 e. The lowest BCUT2D eigenvalue weighted by Crippen LogP contribution is -2.24. The molecule has 0 saturated carbocycles. The Morgan fingerprint density at radius 2 is 2.23 bits per heavy atom. The molecule has 5 heteroatoms. The number of H-pyrrole nitrogens is 1. The second kappa shape index (κ2) is 6.32. The number of carbonyl (C=O) groups excluding carboxylic acids is 1. The fourth-order valence-corrected chi connectivity index (χ4v) is 3.00. The molecule has 0 aliphatic heterocycles. The predicted octanol–water partition coefficient (Wildman–Crippen LogP) is 3.61. The minimum absolute atomic E-state index is 0.0510. The molecule has 114 valence electrons. The van der Waals surface area contributed by atoms with Gasteiger partial charge in [0.25, 0.3) is 0 Å². The molecule has 0 unspecified atom stereocenters. The maximum Gasteiger partial charge on any atom is 0.225 e. The molecule has 0 saturated heterocycles. The van der Waals surface area contributed by atoms with Crippen molar-refractivity contribution in [1.29, 1.82) is 0 Å². The summed E-state index contributed by atoms with van der Waals surface area (Å²) in [5.41, 5.74) is 3.07. The molecule has 0 fully saturated rings. The van der Waals surface area contributed by atoms with Crippen molar-refractivity contribution in [3.05, 3.63) is 52.0 Å². The molecule has 0 radical (unpaired) electrons. The molecular formula is C17H19N3OS. The maximum atomic E-state index is 11.9. The fourth-order valence-electron chi connectivity index (χ4n) is 2.29. The highest BCUT2D eigenvalue weighted by molar-refractivity contribution is 7.10. The van der Waals surface area contributed by atoms with Crippen molar-refractivity contribution >= 4 is 28.3 Å². The number of imidazole rings is 1. The average molecular weight is 313 g/mol. The van der Waals surface area contributed by atoms with Crippen molar-refractivity contribution in [2.24, 2.45) is 0 Å². The van der Waals surface area contributed by atoms with Crippen molar-refractivity contribution in [1.82, 2.24) is 15.3 Å². The van der Waals surface area contributed by atoms with Crippen molar-refractivity contribution in [2.75, 3.05) is 0 Å². The molecule has 3 aromatic rings. The number of aromatic amines is 1. The number of nitrogens with one attached hydrogen (secondary N) is 2. The van der Waals surface area contributed by atoms with Crippen LogP contribution >= 0.6 is 11.3 Å². The van der Waals surface area contributed by atoms with Gasteiger partial charge in [0.15, 0.2) is 0 Å². The first kappa shape index (κ1) is 14.8. The molecule has 2 heterocycles. The number of fused-ring (bicyclic) bond motifs is 1. The van der Waals surface area contributed by atoms with Crippen molar-refractivity contribution in [3.63, 3.8) is 0 Å². The van der Waals surface area contributed by atoms with Gasteiger partial charge < -0.3 is 10.3 Å². The Bertz CT molecular complexity index is 774. The van der Waals surface area contributed by atoms with Gasteiger partial charge in [0, 0.05) is 17.3 Å². The van der Waals surface area contributed by atoms with E-state index < -0.39 is 0 Å². The Labute approximate surface area is 133 Å². The number of nitrogens with zero attached hydrogens (tertiary/aromatic N) is 1. The molecule has 0 atom stereocenters. The van der Waals surface area contributed by atoms with E-state index in [0.29, 0.717) is 18.9 Å². The van der Waals surface area contributed by atoms with E-state index in [-0.39, 0.29) is 5.91 Å². The first-order valence-electron chi connectivity index (χ1n) is 7.39. The third-order valence-electron chi connectivity index (χ3n) is 3.52. The highest BCUT2D eigenvalue weighted by Crippen LogP contribution is 2.18. The van der Waals surface area contributed by atoms with Crippen LogP contribution in [0.4, 0.5) is 0 Å². The maximum absolute atomic E-state index is 11.9. The van der Waals surface area contributed by atoms with Gasteiger partial charge in [-0.25, -0.2) is 4.98 Å². The van der Waals surface area contributed by atoms with Crippen molar-refractivity contribution in [2.45, 2.75) is 32.7 Å². The topological polar surface area (TPSA) is 57.8 Å². The normalized spacial score (nSPS) is 11.2. The van der Waals surface area contributed by atoms with Crippen LogP contribution in [0.5, 0.6) is 0 Å². The number of benzene rings is 1. The van der Waals surface area contributed by atoms with Crippen molar-refractivity contribution < 1.29 is 4.79 Å². The number of hydrogen-bond acceptors (Lipinski definition) is 3. The van der Waals surface area contributed by atoms with Gasteiger partial charge >= 0.3 is 0 Å². The zero-order valence-electron chi connectivity index (χ0n) is 12.7. The summed E-state index contributed by atoms with van der Waals surface area (Å²) in [4.78, 5) is 20.9. The molecule has 22 heavy (non-hydrogen) atoms. The van der Waals surface area contributed by atoms with Gasteiger partial charge in [0.05, 0.1) is 17.5 Å². The van der Waals surface area contributed by atoms with Crippen LogP contribution in [0.3, 0.4) is 0 Å². The lowest BCUT2D eigenvalue weighted by molar-refractivity contribution is -0.120. The van der Waals surface area contributed by atoms with Gasteiger partial charge in [0.2, 0.25) is 5.91 Å². The molecular weight excluding hydrogens is 294 g/mol. The highest BCUT2D eigenvalue weighted by Gasteiger charge is 2.08. The Balaban J connectivity index is 1.65. The van der Waals surface area contributed by atoms with Crippen LogP contribution in [0.2, 0.25) is 0 Å². The number of hydrogen-bond donors (Lipinski definition) is 2. The van der Waals surface area contributed by atoms with E-state index in [1.165, 1.54) is 0 Å². The summed E-state index contributed by atoms with van der Waals surface area (Å²) in [6, 6.07) is 10.0. The smallest absolute Gasteiger partial charge is 0.225 e. The molecule has 3 rings (SSSR count). The summed E-state index contributed by atoms with van der Waals surface area (Å²) in [6.45, 7) is 4.77. The highest BCUT2D eigenvalue weighted by atomic mass is 32.1. The van der Waals surface area contributed by atoms with Crippen molar-refractivity contribution in [3.8, 4) is 0 Å². The molecule has 0 spiro atoms. The molecule has 1 aromatic carbocycles. The molecule has 0 aliphatic rings. The van der Waals surface area contributed by atoms with Gasteiger partial charge in [-0.05, 0) is 29.1 Å². The minimum Gasteiger partial charge on any atom is -0.352 e. The second-order valence-corrected chi connectivity index (χ2v) is 6.69. The molecule has 0 aliphatic carbocycles. The Hall–Kier alpha value is -2.14. The quantitative estimate of drug-likeness (QED) is 0.756. The minimum atomic E-state index is 0.0510. The summed E-state index contributed by atoms with van der Waals surface area (Å²) in [5.74, 6) is 1.42. The SMILES string of the molecule is CC(C)c1nc2ccc(CNC(=O)Cc3cccs3)cc2[nH]1. The summed E-state index contributed by atoms with van der Waals surface area (Å²) < 4.78 is 0. The lowest BCUT2D eigenvalue weighted by atomic mass is 10.2. The van der Waals surface area contributed by atoms with E-state index in [1.807, 2.05) is 29.6 Å². The number of rotatable bonds is 5. The van der Waals surface area contributed by atoms with Gasteiger partial charge in [-0.3, -0.25) is 4.79 Å². The molecule has 0 bridgehead atoms. The Kier molecular flexibility index (Phi) is 4.24. The molecule has 2 aromatic heterocycles. The fraction of sp³-hybridized carbons (Fsp3) is 0.294. The Morgan fingerprint density at radius 1 is 1.36 bits per heavy atom. The van der Waals surface area contributed by atoms with Crippen LogP contribution in [-0.4, -0.2) is 15.9 Å². The average Bonchev–Trinajstić information content (AvgIpc) is 3.13. The van der Waals surface area contributed by atoms with E-state index in [9.17, 15) is 4.79 Å². The number of aromatic nitrogens is 2. The van der Waals surface area contributed by atoms with Crippen LogP contribution in [0, 0.1) is 0 Å². The second-order valence-electron chi connectivity index (χ2n) is 5.66. The summed E-state index contributed by atoms with van der Waals surface area (Å²) in [5, 5.41) is 4.95. The van der Waals surface area contributed by atoms with Crippen LogP contribution < -0.4 is 5.32 Å². The first-order valence-corrected chi connectivity index (χ1v) is 8.27. The standard InChI is InChI=1S/C17H19N3OS/c1-11(2)17-19-14-6-5-12(8-15(14)20-17)10-18-16(21)9-13-4-3-7-22-13/h3-8,11H,9-10H2,1-2H3,(H,18,21)(H,19,20). The number of thiophene rings is 1. The predicted molar refractivity (Wildman–Crippen MR) is 90.1 cm³/mol. The lowest BCUT2D eigenvalue weighted by Gasteiger charge is -2.04. The first-order chi connectivity index (χ1) is 10.6. The van der Waals surface area contributed by atoms with Gasteiger partial charge in [-0.2, -0.15) is 0 Å².